The number of carbonyl (C=O) groups is 1. The first kappa shape index (κ1) is 14.5. The molecule has 0 atom stereocenters. The first-order valence-corrected chi connectivity index (χ1v) is 7.14. The fourth-order valence-corrected chi connectivity index (χ4v) is 2.78. The maximum Gasteiger partial charge on any atom is 0.193 e. The third-order valence-corrected chi connectivity index (χ3v) is 4.07. The summed E-state index contributed by atoms with van der Waals surface area (Å²) in [5, 5.41) is 0. The quantitative estimate of drug-likeness (QED) is 0.717. The van der Waals surface area contributed by atoms with Crippen LogP contribution in [-0.2, 0) is 0 Å². The number of benzene rings is 2. The highest BCUT2D eigenvalue weighted by Crippen LogP contribution is 2.29. The van der Waals surface area contributed by atoms with Gasteiger partial charge >= 0.3 is 0 Å². The molecule has 20 heavy (non-hydrogen) atoms. The van der Waals surface area contributed by atoms with Crippen molar-refractivity contribution in [2.24, 2.45) is 0 Å². The van der Waals surface area contributed by atoms with E-state index in [0.717, 1.165) is 11.1 Å². The van der Waals surface area contributed by atoms with Gasteiger partial charge in [0.25, 0.3) is 0 Å². The summed E-state index contributed by atoms with van der Waals surface area (Å²) in [5.41, 5.74) is 6.52. The zero-order valence-corrected chi connectivity index (χ0v) is 12.9. The second-order valence-corrected chi connectivity index (χ2v) is 5.75. The minimum absolute atomic E-state index is 0.125. The Labute approximate surface area is 121 Å². The minimum atomic E-state index is 0.125. The van der Waals surface area contributed by atoms with Crippen LogP contribution >= 0.6 is 0 Å². The molecule has 0 N–H and O–H groups in total. The van der Waals surface area contributed by atoms with Crippen LogP contribution in [0.5, 0.6) is 0 Å². The molecule has 0 amide bonds. The highest BCUT2D eigenvalue weighted by Gasteiger charge is 2.19. The fourth-order valence-electron chi connectivity index (χ4n) is 2.78. The number of hydrogen-bond donors (Lipinski definition) is 0. The van der Waals surface area contributed by atoms with Gasteiger partial charge in [-0.25, -0.2) is 0 Å². The summed E-state index contributed by atoms with van der Waals surface area (Å²) in [6, 6.07) is 11.6. The van der Waals surface area contributed by atoms with Gasteiger partial charge in [0, 0.05) is 11.1 Å². The highest BCUT2D eigenvalue weighted by molar-refractivity contribution is 6.10. The lowest BCUT2D eigenvalue weighted by atomic mass is 9.85. The fraction of sp³-hybridized carbons (Fsp3) is 0.316. The molecule has 0 aliphatic heterocycles. The lowest BCUT2D eigenvalue weighted by molar-refractivity contribution is 0.103. The number of ketones is 1. The Morgan fingerprint density at radius 1 is 0.950 bits per heavy atom. The predicted octanol–water partition coefficient (Wildman–Crippen LogP) is 4.97. The van der Waals surface area contributed by atoms with Crippen molar-refractivity contribution in [3.63, 3.8) is 0 Å². The molecule has 0 saturated carbocycles. The van der Waals surface area contributed by atoms with Crippen molar-refractivity contribution in [2.45, 2.75) is 40.5 Å². The highest BCUT2D eigenvalue weighted by atomic mass is 16.1. The predicted molar refractivity (Wildman–Crippen MR) is 84.6 cm³/mol. The maximum atomic E-state index is 12.8. The third-order valence-electron chi connectivity index (χ3n) is 4.07. The van der Waals surface area contributed by atoms with Crippen molar-refractivity contribution in [3.8, 4) is 0 Å². The summed E-state index contributed by atoms with van der Waals surface area (Å²) in [6.07, 6.45) is 0. The molecule has 0 fully saturated rings. The summed E-state index contributed by atoms with van der Waals surface area (Å²) in [4.78, 5) is 12.8. The van der Waals surface area contributed by atoms with E-state index in [9.17, 15) is 4.79 Å². The zero-order valence-electron chi connectivity index (χ0n) is 12.9. The molecule has 0 aliphatic carbocycles. The van der Waals surface area contributed by atoms with Crippen molar-refractivity contribution in [1.29, 1.82) is 0 Å². The van der Waals surface area contributed by atoms with E-state index in [4.69, 9.17) is 0 Å². The van der Waals surface area contributed by atoms with Gasteiger partial charge < -0.3 is 0 Å². The van der Waals surface area contributed by atoms with Gasteiger partial charge in [0.1, 0.15) is 0 Å². The molecule has 0 heterocycles. The molecule has 1 nitrogen and oxygen atoms in total. The van der Waals surface area contributed by atoms with Crippen molar-refractivity contribution in [2.75, 3.05) is 0 Å². The van der Waals surface area contributed by atoms with E-state index in [2.05, 4.69) is 34.6 Å². The average Bonchev–Trinajstić information content (AvgIpc) is 2.44. The SMILES string of the molecule is Cc1cc(C(=O)c2ccccc2)c(C(C)C)c(C)c1C. The van der Waals surface area contributed by atoms with E-state index in [0.29, 0.717) is 5.92 Å². The summed E-state index contributed by atoms with van der Waals surface area (Å²) in [5.74, 6) is 0.470. The molecule has 104 valence electrons. The van der Waals surface area contributed by atoms with Gasteiger partial charge in [0.05, 0.1) is 0 Å². The molecule has 0 radical (unpaired) electrons. The average molecular weight is 266 g/mol. The van der Waals surface area contributed by atoms with Crippen LogP contribution in [0.2, 0.25) is 0 Å². The van der Waals surface area contributed by atoms with Gasteiger partial charge in [-0.1, -0.05) is 44.2 Å². The lowest BCUT2D eigenvalue weighted by Crippen LogP contribution is -2.10. The van der Waals surface area contributed by atoms with Crippen molar-refractivity contribution in [1.82, 2.24) is 0 Å². The van der Waals surface area contributed by atoms with Gasteiger partial charge in [-0.3, -0.25) is 4.79 Å². The van der Waals surface area contributed by atoms with Crippen molar-refractivity contribution >= 4 is 5.78 Å². The van der Waals surface area contributed by atoms with Gasteiger partial charge in [0.2, 0.25) is 0 Å². The van der Waals surface area contributed by atoms with Crippen LogP contribution in [-0.4, -0.2) is 5.78 Å². The van der Waals surface area contributed by atoms with Crippen LogP contribution in [0.15, 0.2) is 36.4 Å². The second-order valence-electron chi connectivity index (χ2n) is 5.75. The molecule has 2 rings (SSSR count). The maximum absolute atomic E-state index is 12.8. The van der Waals surface area contributed by atoms with Crippen LogP contribution in [0.4, 0.5) is 0 Å². The minimum Gasteiger partial charge on any atom is -0.289 e. The third kappa shape index (κ3) is 2.53. The first-order valence-electron chi connectivity index (χ1n) is 7.14. The number of aryl methyl sites for hydroxylation is 1. The molecule has 0 aliphatic rings. The summed E-state index contributed by atoms with van der Waals surface area (Å²) >= 11 is 0. The molecule has 0 bridgehead atoms. The Hall–Kier alpha value is -1.89. The van der Waals surface area contributed by atoms with E-state index in [1.165, 1.54) is 22.3 Å². The van der Waals surface area contributed by atoms with Crippen molar-refractivity contribution < 1.29 is 4.79 Å². The Morgan fingerprint density at radius 2 is 1.55 bits per heavy atom. The molecule has 2 aromatic carbocycles. The smallest absolute Gasteiger partial charge is 0.193 e. The number of carbonyl (C=O) groups excluding carboxylic acids is 1. The molecule has 0 saturated heterocycles. The monoisotopic (exact) mass is 266 g/mol. The Morgan fingerprint density at radius 3 is 2.10 bits per heavy atom. The second kappa shape index (κ2) is 5.62. The molecular weight excluding hydrogens is 244 g/mol. The summed E-state index contributed by atoms with van der Waals surface area (Å²) in [7, 11) is 0. The first-order chi connectivity index (χ1) is 9.43. The summed E-state index contributed by atoms with van der Waals surface area (Å²) in [6.45, 7) is 10.6. The van der Waals surface area contributed by atoms with Crippen LogP contribution in [0.3, 0.4) is 0 Å². The molecule has 0 unspecified atom stereocenters. The number of rotatable bonds is 3. The van der Waals surface area contributed by atoms with E-state index < -0.39 is 0 Å². The van der Waals surface area contributed by atoms with Gasteiger partial charge in [0.15, 0.2) is 5.78 Å². The molecular formula is C19H22O. The topological polar surface area (TPSA) is 17.1 Å². The normalized spacial score (nSPS) is 10.9. The summed E-state index contributed by atoms with van der Waals surface area (Å²) < 4.78 is 0. The molecule has 0 aromatic heterocycles. The van der Waals surface area contributed by atoms with Gasteiger partial charge in [-0.2, -0.15) is 0 Å². The Bertz CT molecular complexity index is 637. The van der Waals surface area contributed by atoms with E-state index in [1.807, 2.05) is 36.4 Å². The van der Waals surface area contributed by atoms with Crippen LogP contribution in [0, 0.1) is 20.8 Å². The molecule has 0 spiro atoms. The van der Waals surface area contributed by atoms with Crippen molar-refractivity contribution in [3.05, 3.63) is 69.8 Å². The van der Waals surface area contributed by atoms with Crippen LogP contribution in [0.25, 0.3) is 0 Å². The van der Waals surface area contributed by atoms with E-state index >= 15 is 0 Å². The largest absolute Gasteiger partial charge is 0.289 e. The Kier molecular flexibility index (Phi) is 4.08. The molecule has 2 aromatic rings. The zero-order chi connectivity index (χ0) is 14.9. The number of hydrogen-bond acceptors (Lipinski definition) is 1. The Balaban J connectivity index is 2.65. The van der Waals surface area contributed by atoms with E-state index in [-0.39, 0.29) is 5.78 Å². The standard InChI is InChI=1S/C19H22O/c1-12(2)18-15(5)14(4)13(3)11-17(18)19(20)16-9-7-6-8-10-16/h6-12H,1-5H3. The van der Waals surface area contributed by atoms with Crippen LogP contribution in [0.1, 0.15) is 57.9 Å². The lowest BCUT2D eigenvalue weighted by Gasteiger charge is -2.19. The van der Waals surface area contributed by atoms with Gasteiger partial charge in [-0.15, -0.1) is 0 Å². The van der Waals surface area contributed by atoms with Gasteiger partial charge in [-0.05, 0) is 55.0 Å². The van der Waals surface area contributed by atoms with Crippen LogP contribution < -0.4 is 0 Å². The molecule has 1 heteroatoms. The van der Waals surface area contributed by atoms with E-state index in [1.54, 1.807) is 0 Å².